The van der Waals surface area contributed by atoms with Crippen molar-refractivity contribution >= 4 is 0 Å². The van der Waals surface area contributed by atoms with E-state index in [1.165, 1.54) is 0 Å². The Bertz CT molecular complexity index is 71.5. The Kier molecular flexibility index (Phi) is 4.95. The molecule has 0 fully saturated rings. The fourth-order valence-corrected chi connectivity index (χ4v) is 0.141. The number of hydrogen-bond donors (Lipinski definition) is 1. The third-order valence-corrected chi connectivity index (χ3v) is 1.60. The van der Waals surface area contributed by atoms with Crippen molar-refractivity contribution in [2.45, 2.75) is 19.4 Å². The Labute approximate surface area is 56.6 Å². The standard InChI is InChI=1S/C6H15NO.H2O/c1-6(2,5-8)7(3)4;/h8H,5H2,1-4H3;1H2. The van der Waals surface area contributed by atoms with Crippen molar-refractivity contribution < 1.29 is 10.6 Å². The molecule has 0 heterocycles. The molecule has 0 saturated carbocycles. The summed E-state index contributed by atoms with van der Waals surface area (Å²) >= 11 is 0. The SMILES string of the molecule is CN(C)C(C)(C)CO.O. The molecule has 0 aliphatic carbocycles. The maximum Gasteiger partial charge on any atom is 0.0609 e. The molecule has 3 heteroatoms. The highest BCUT2D eigenvalue weighted by Gasteiger charge is 2.17. The molecule has 0 radical (unpaired) electrons. The first-order valence-electron chi connectivity index (χ1n) is 2.79. The quantitative estimate of drug-likeness (QED) is 0.554. The highest BCUT2D eigenvalue weighted by Crippen LogP contribution is 2.06. The highest BCUT2D eigenvalue weighted by atomic mass is 16.3. The van der Waals surface area contributed by atoms with E-state index in [2.05, 4.69) is 0 Å². The fraction of sp³-hybridized carbons (Fsp3) is 1.00. The lowest BCUT2D eigenvalue weighted by Gasteiger charge is -2.29. The maximum absolute atomic E-state index is 8.72. The van der Waals surface area contributed by atoms with E-state index in [-0.39, 0.29) is 17.6 Å². The minimum atomic E-state index is -0.0694. The molecule has 0 bridgehead atoms. The van der Waals surface area contributed by atoms with E-state index in [0.717, 1.165) is 0 Å². The van der Waals surface area contributed by atoms with Crippen LogP contribution in [0.5, 0.6) is 0 Å². The Balaban J connectivity index is 0. The van der Waals surface area contributed by atoms with Crippen molar-refractivity contribution in [2.24, 2.45) is 0 Å². The number of aliphatic hydroxyl groups excluding tert-OH is 1. The van der Waals surface area contributed by atoms with E-state index >= 15 is 0 Å². The van der Waals surface area contributed by atoms with E-state index in [4.69, 9.17) is 5.11 Å². The van der Waals surface area contributed by atoms with E-state index in [1.807, 2.05) is 32.8 Å². The minimum Gasteiger partial charge on any atom is -0.412 e. The predicted molar refractivity (Wildman–Crippen MR) is 38.5 cm³/mol. The van der Waals surface area contributed by atoms with Crippen LogP contribution in [0.2, 0.25) is 0 Å². The summed E-state index contributed by atoms with van der Waals surface area (Å²) in [5.74, 6) is 0. The van der Waals surface area contributed by atoms with Crippen LogP contribution < -0.4 is 0 Å². The normalized spacial score (nSPS) is 11.3. The van der Waals surface area contributed by atoms with Gasteiger partial charge < -0.3 is 15.5 Å². The second kappa shape index (κ2) is 3.82. The van der Waals surface area contributed by atoms with E-state index in [1.54, 1.807) is 0 Å². The van der Waals surface area contributed by atoms with Crippen molar-refractivity contribution in [3.8, 4) is 0 Å². The van der Waals surface area contributed by atoms with Gasteiger partial charge in [-0.2, -0.15) is 0 Å². The zero-order valence-electron chi connectivity index (χ0n) is 6.60. The van der Waals surface area contributed by atoms with E-state index in [9.17, 15) is 0 Å². The van der Waals surface area contributed by atoms with Crippen molar-refractivity contribution in [3.63, 3.8) is 0 Å². The van der Waals surface area contributed by atoms with Gasteiger partial charge in [-0.15, -0.1) is 0 Å². The highest BCUT2D eigenvalue weighted by molar-refractivity contribution is 4.74. The molecular weight excluding hydrogens is 118 g/mol. The molecule has 0 atom stereocenters. The van der Waals surface area contributed by atoms with Crippen molar-refractivity contribution in [2.75, 3.05) is 20.7 Å². The molecular formula is C6H17NO2. The van der Waals surface area contributed by atoms with Gasteiger partial charge in [-0.1, -0.05) is 0 Å². The summed E-state index contributed by atoms with van der Waals surface area (Å²) < 4.78 is 0. The van der Waals surface area contributed by atoms with Crippen LogP contribution in [0.1, 0.15) is 13.8 Å². The third kappa shape index (κ3) is 3.46. The number of hydrogen-bond acceptors (Lipinski definition) is 2. The molecule has 3 nitrogen and oxygen atoms in total. The van der Waals surface area contributed by atoms with E-state index in [0.29, 0.717) is 0 Å². The van der Waals surface area contributed by atoms with Crippen molar-refractivity contribution in [3.05, 3.63) is 0 Å². The molecule has 0 rings (SSSR count). The van der Waals surface area contributed by atoms with Crippen LogP contribution in [0.4, 0.5) is 0 Å². The van der Waals surface area contributed by atoms with Gasteiger partial charge in [-0.05, 0) is 27.9 Å². The molecule has 0 aromatic heterocycles. The van der Waals surface area contributed by atoms with Gasteiger partial charge in [0.1, 0.15) is 0 Å². The van der Waals surface area contributed by atoms with Gasteiger partial charge in [0.05, 0.1) is 6.61 Å². The lowest BCUT2D eigenvalue weighted by atomic mass is 10.1. The van der Waals surface area contributed by atoms with Crippen LogP contribution in [0.25, 0.3) is 0 Å². The lowest BCUT2D eigenvalue weighted by Crippen LogP contribution is -2.41. The summed E-state index contributed by atoms with van der Waals surface area (Å²) in [4.78, 5) is 1.99. The average Bonchev–Trinajstić information content (AvgIpc) is 1.67. The zero-order chi connectivity index (χ0) is 6.78. The topological polar surface area (TPSA) is 55.0 Å². The molecule has 9 heavy (non-hydrogen) atoms. The summed E-state index contributed by atoms with van der Waals surface area (Å²) in [7, 11) is 3.91. The van der Waals surface area contributed by atoms with Crippen LogP contribution in [0, 0.1) is 0 Å². The Morgan fingerprint density at radius 1 is 1.33 bits per heavy atom. The molecule has 0 saturated heterocycles. The second-order valence-corrected chi connectivity index (χ2v) is 2.86. The summed E-state index contributed by atoms with van der Waals surface area (Å²) in [6, 6.07) is 0. The third-order valence-electron chi connectivity index (χ3n) is 1.60. The first-order valence-corrected chi connectivity index (χ1v) is 2.79. The van der Waals surface area contributed by atoms with Crippen LogP contribution in [-0.4, -0.2) is 41.7 Å². The maximum atomic E-state index is 8.72. The van der Waals surface area contributed by atoms with Gasteiger partial charge in [0.15, 0.2) is 0 Å². The van der Waals surface area contributed by atoms with Gasteiger partial charge in [0.25, 0.3) is 0 Å². The Morgan fingerprint density at radius 3 is 1.67 bits per heavy atom. The molecule has 58 valence electrons. The average molecular weight is 135 g/mol. The molecule has 0 amide bonds. The summed E-state index contributed by atoms with van der Waals surface area (Å²) in [6.07, 6.45) is 0. The first-order chi connectivity index (χ1) is 3.50. The van der Waals surface area contributed by atoms with Gasteiger partial charge in [-0.25, -0.2) is 0 Å². The minimum absolute atomic E-state index is 0. The molecule has 3 N–H and O–H groups in total. The molecule has 0 spiro atoms. The number of rotatable bonds is 2. The monoisotopic (exact) mass is 135 g/mol. The molecule has 0 aliphatic rings. The second-order valence-electron chi connectivity index (χ2n) is 2.86. The van der Waals surface area contributed by atoms with Gasteiger partial charge in [0, 0.05) is 5.54 Å². The molecule has 0 aliphatic heterocycles. The Hall–Kier alpha value is -0.120. The number of nitrogens with zero attached hydrogens (tertiary/aromatic N) is 1. The lowest BCUT2D eigenvalue weighted by molar-refractivity contribution is 0.100. The van der Waals surface area contributed by atoms with Gasteiger partial charge in [-0.3, -0.25) is 0 Å². The predicted octanol–water partition coefficient (Wildman–Crippen LogP) is -0.506. The van der Waals surface area contributed by atoms with Crippen LogP contribution in [-0.2, 0) is 0 Å². The van der Waals surface area contributed by atoms with Gasteiger partial charge in [0.2, 0.25) is 0 Å². The summed E-state index contributed by atoms with van der Waals surface area (Å²) in [5.41, 5.74) is -0.0694. The van der Waals surface area contributed by atoms with Gasteiger partial charge >= 0.3 is 0 Å². The van der Waals surface area contributed by atoms with Crippen LogP contribution in [0.15, 0.2) is 0 Å². The van der Waals surface area contributed by atoms with Crippen molar-refractivity contribution in [1.82, 2.24) is 4.90 Å². The molecule has 0 aromatic rings. The largest absolute Gasteiger partial charge is 0.412 e. The summed E-state index contributed by atoms with van der Waals surface area (Å²) in [5, 5.41) is 8.72. The fourth-order valence-electron chi connectivity index (χ4n) is 0.141. The van der Waals surface area contributed by atoms with Crippen molar-refractivity contribution in [1.29, 1.82) is 0 Å². The number of likely N-dealkylation sites (N-methyl/N-ethyl adjacent to an activating group) is 1. The summed E-state index contributed by atoms with van der Waals surface area (Å²) in [6.45, 7) is 4.19. The first kappa shape index (κ1) is 11.6. The number of aliphatic hydroxyl groups is 1. The smallest absolute Gasteiger partial charge is 0.0609 e. The van der Waals surface area contributed by atoms with Crippen LogP contribution >= 0.6 is 0 Å². The van der Waals surface area contributed by atoms with E-state index < -0.39 is 0 Å². The zero-order valence-corrected chi connectivity index (χ0v) is 6.60. The van der Waals surface area contributed by atoms with Crippen LogP contribution in [0.3, 0.4) is 0 Å². The molecule has 0 aromatic carbocycles. The molecule has 0 unspecified atom stereocenters. The Morgan fingerprint density at radius 2 is 1.67 bits per heavy atom.